The second kappa shape index (κ2) is 10.1. The van der Waals surface area contributed by atoms with Crippen molar-refractivity contribution in [3.8, 4) is 0 Å². The molecule has 4 aliphatic rings. The summed E-state index contributed by atoms with van der Waals surface area (Å²) < 4.78 is 28.3. The molecule has 0 saturated carbocycles. The molecule has 33 heavy (non-hydrogen) atoms. The van der Waals surface area contributed by atoms with Crippen molar-refractivity contribution < 1.29 is 28.1 Å². The summed E-state index contributed by atoms with van der Waals surface area (Å²) in [5, 5.41) is 0. The molecule has 4 fully saturated rings. The summed E-state index contributed by atoms with van der Waals surface area (Å²) in [4.78, 5) is 1.60. The molecule has 7 heteroatoms. The van der Waals surface area contributed by atoms with Crippen molar-refractivity contribution in [3.05, 3.63) is 60.2 Å². The van der Waals surface area contributed by atoms with Crippen LogP contribution in [0.1, 0.15) is 74.3 Å². The van der Waals surface area contributed by atoms with E-state index in [4.69, 9.17) is 18.9 Å². The van der Waals surface area contributed by atoms with Crippen LogP contribution in [-0.4, -0.2) is 41.4 Å². The zero-order valence-electron chi connectivity index (χ0n) is 19.1. The molecule has 176 valence electrons. The number of hydrogen-bond donors (Lipinski definition) is 0. The summed E-state index contributed by atoms with van der Waals surface area (Å²) in [5.74, 6) is 0. The Morgan fingerprint density at radius 1 is 0.636 bits per heavy atom. The van der Waals surface area contributed by atoms with Crippen molar-refractivity contribution in [1.82, 2.24) is 0 Å². The Bertz CT molecular complexity index is 872. The predicted octanol–water partition coefficient (Wildman–Crippen LogP) is 3.78. The fourth-order valence-corrected chi connectivity index (χ4v) is 9.73. The van der Waals surface area contributed by atoms with Gasteiger partial charge in [-0.25, -0.2) is 0 Å². The molecule has 2 aromatic heterocycles. The van der Waals surface area contributed by atoms with E-state index in [2.05, 4.69) is 58.2 Å². The number of hydrogen-bond acceptors (Lipinski definition) is 4. The summed E-state index contributed by atoms with van der Waals surface area (Å²) in [6.07, 6.45) is 15.7. The standard InChI is InChI=1S/C26H34N2O4Se/c1-5-19(25-29-13-3-14-30-25)17-27(11-1)21-7-9-24-22(8-10-23(21)33-24)28-12-2-6-20(18-28)26-31-15-4-16-32-26/h1-2,5-6,11-12,17-18,21-26H,3-4,7-10,13-16H2/q+2. The van der Waals surface area contributed by atoms with Gasteiger partial charge in [-0.3, -0.25) is 0 Å². The van der Waals surface area contributed by atoms with Crippen molar-refractivity contribution in [1.29, 1.82) is 0 Å². The number of fused-ring (bicyclic) bond motifs is 2. The molecule has 2 aromatic rings. The van der Waals surface area contributed by atoms with E-state index in [0.717, 1.165) is 60.0 Å². The topological polar surface area (TPSA) is 44.7 Å². The van der Waals surface area contributed by atoms with E-state index in [1.807, 2.05) is 0 Å². The third-order valence-corrected chi connectivity index (χ3v) is 11.1. The van der Waals surface area contributed by atoms with Gasteiger partial charge < -0.3 is 0 Å². The van der Waals surface area contributed by atoms with Crippen LogP contribution in [0.4, 0.5) is 0 Å². The zero-order valence-corrected chi connectivity index (χ0v) is 20.8. The molecule has 0 radical (unpaired) electrons. The Morgan fingerprint density at radius 3 is 1.55 bits per heavy atom. The molecule has 6 rings (SSSR count). The summed E-state index contributed by atoms with van der Waals surface area (Å²) >= 11 is 0.632. The molecule has 0 aromatic carbocycles. The number of ether oxygens (including phenoxy) is 4. The third-order valence-electron chi connectivity index (χ3n) is 7.36. The molecule has 4 aliphatic heterocycles. The fraction of sp³-hybridized carbons (Fsp3) is 0.615. The summed E-state index contributed by atoms with van der Waals surface area (Å²) in [5.41, 5.74) is 2.31. The Morgan fingerprint density at radius 2 is 1.09 bits per heavy atom. The SMILES string of the molecule is c1cc(C2OCCCO2)c[n+](C2CCC3[Se]C2CCC3[n+]2cccc(C3OCCCO3)c2)c1. The first-order valence-corrected chi connectivity index (χ1v) is 14.5. The van der Waals surface area contributed by atoms with Gasteiger partial charge in [-0.1, -0.05) is 0 Å². The van der Waals surface area contributed by atoms with Crippen LogP contribution in [-0.2, 0) is 18.9 Å². The first kappa shape index (κ1) is 22.1. The van der Waals surface area contributed by atoms with Crippen LogP contribution < -0.4 is 9.13 Å². The first-order chi connectivity index (χ1) is 16.3. The average molecular weight is 518 g/mol. The molecule has 4 saturated heterocycles. The maximum absolute atomic E-state index is 5.85. The Kier molecular flexibility index (Phi) is 6.78. The van der Waals surface area contributed by atoms with Crippen molar-refractivity contribution >= 4 is 15.0 Å². The first-order valence-electron chi connectivity index (χ1n) is 12.5. The Balaban J connectivity index is 1.15. The van der Waals surface area contributed by atoms with E-state index in [0.29, 0.717) is 27.0 Å². The van der Waals surface area contributed by atoms with Gasteiger partial charge >= 0.3 is 202 Å². The van der Waals surface area contributed by atoms with Crippen LogP contribution in [0.5, 0.6) is 0 Å². The molecule has 0 aliphatic carbocycles. The maximum atomic E-state index is 5.85. The van der Waals surface area contributed by atoms with Crippen LogP contribution in [0.3, 0.4) is 0 Å². The van der Waals surface area contributed by atoms with Crippen molar-refractivity contribution in [3.63, 3.8) is 0 Å². The second-order valence-electron chi connectivity index (χ2n) is 9.53. The monoisotopic (exact) mass is 518 g/mol. The van der Waals surface area contributed by atoms with Gasteiger partial charge in [0, 0.05) is 0 Å². The average Bonchev–Trinajstić information content (AvgIpc) is 2.90. The Hall–Kier alpha value is -1.34. The van der Waals surface area contributed by atoms with Gasteiger partial charge in [0.05, 0.1) is 0 Å². The summed E-state index contributed by atoms with van der Waals surface area (Å²) in [6.45, 7) is 3.15. The van der Waals surface area contributed by atoms with Crippen LogP contribution in [0.15, 0.2) is 49.1 Å². The van der Waals surface area contributed by atoms with Crippen molar-refractivity contribution in [2.75, 3.05) is 26.4 Å². The molecule has 4 unspecified atom stereocenters. The van der Waals surface area contributed by atoms with E-state index in [1.54, 1.807) is 0 Å². The molecule has 6 heterocycles. The van der Waals surface area contributed by atoms with Gasteiger partial charge in [0.15, 0.2) is 0 Å². The number of aromatic nitrogens is 2. The minimum absolute atomic E-state index is 0.204. The molecular formula is C26H34N2O4Se+2. The van der Waals surface area contributed by atoms with Gasteiger partial charge in [-0.2, -0.15) is 0 Å². The van der Waals surface area contributed by atoms with Crippen LogP contribution in [0.2, 0.25) is 9.63 Å². The summed E-state index contributed by atoms with van der Waals surface area (Å²) in [7, 11) is 0. The number of rotatable bonds is 4. The van der Waals surface area contributed by atoms with E-state index in [9.17, 15) is 0 Å². The Labute approximate surface area is 202 Å². The van der Waals surface area contributed by atoms with Gasteiger partial charge in [0.1, 0.15) is 0 Å². The van der Waals surface area contributed by atoms with E-state index in [-0.39, 0.29) is 12.6 Å². The second-order valence-corrected chi connectivity index (χ2v) is 12.6. The van der Waals surface area contributed by atoms with Gasteiger partial charge in [0.2, 0.25) is 0 Å². The van der Waals surface area contributed by atoms with Gasteiger partial charge in [0.25, 0.3) is 0 Å². The fourth-order valence-electron chi connectivity index (χ4n) is 5.73. The summed E-state index contributed by atoms with van der Waals surface area (Å²) in [6, 6.07) is 9.82. The van der Waals surface area contributed by atoms with Crippen molar-refractivity contribution in [2.24, 2.45) is 0 Å². The number of nitrogens with zero attached hydrogens (tertiary/aromatic N) is 2. The zero-order chi connectivity index (χ0) is 22.0. The van der Waals surface area contributed by atoms with Crippen LogP contribution in [0, 0.1) is 0 Å². The molecule has 0 spiro atoms. The van der Waals surface area contributed by atoms with E-state index in [1.165, 1.54) is 25.7 Å². The molecular weight excluding hydrogens is 483 g/mol. The normalized spacial score (nSPS) is 31.4. The predicted molar refractivity (Wildman–Crippen MR) is 122 cm³/mol. The quantitative estimate of drug-likeness (QED) is 0.458. The molecule has 4 atom stereocenters. The van der Waals surface area contributed by atoms with Crippen LogP contribution >= 0.6 is 0 Å². The van der Waals surface area contributed by atoms with E-state index < -0.39 is 0 Å². The molecule has 0 amide bonds. The number of pyridine rings is 2. The molecule has 0 N–H and O–H groups in total. The van der Waals surface area contributed by atoms with Gasteiger partial charge in [-0.05, 0) is 0 Å². The van der Waals surface area contributed by atoms with Crippen molar-refractivity contribution in [2.45, 2.75) is 72.8 Å². The van der Waals surface area contributed by atoms with E-state index >= 15 is 0 Å². The third kappa shape index (κ3) is 4.77. The molecule has 6 nitrogen and oxygen atoms in total. The minimum atomic E-state index is -0.204. The van der Waals surface area contributed by atoms with Crippen LogP contribution in [0.25, 0.3) is 0 Å². The van der Waals surface area contributed by atoms with Gasteiger partial charge in [-0.15, -0.1) is 0 Å². The molecule has 2 bridgehead atoms.